The van der Waals surface area contributed by atoms with Crippen molar-refractivity contribution >= 4 is 10.9 Å². The summed E-state index contributed by atoms with van der Waals surface area (Å²) in [5.74, 6) is 0. The van der Waals surface area contributed by atoms with Gasteiger partial charge in [-0.05, 0) is 55.7 Å². The minimum atomic E-state index is 0.981. The molecule has 2 aromatic carbocycles. The van der Waals surface area contributed by atoms with Crippen LogP contribution in [0.4, 0.5) is 0 Å². The van der Waals surface area contributed by atoms with Gasteiger partial charge in [0.25, 0.3) is 0 Å². The second-order valence-electron chi connectivity index (χ2n) is 6.43. The Labute approximate surface area is 142 Å². The molecule has 2 heteroatoms. The molecule has 0 atom stereocenters. The summed E-state index contributed by atoms with van der Waals surface area (Å²) < 4.78 is 0. The summed E-state index contributed by atoms with van der Waals surface area (Å²) >= 11 is 0. The first kappa shape index (κ1) is 14.7. The van der Waals surface area contributed by atoms with Crippen molar-refractivity contribution in [1.82, 2.24) is 9.97 Å². The zero-order chi connectivity index (χ0) is 16.7. The van der Waals surface area contributed by atoms with Gasteiger partial charge < -0.3 is 4.98 Å². The number of pyridine rings is 1. The molecule has 0 amide bonds. The highest BCUT2D eigenvalue weighted by Gasteiger charge is 2.08. The van der Waals surface area contributed by atoms with Crippen molar-refractivity contribution in [1.29, 1.82) is 0 Å². The Hall–Kier alpha value is -2.87. The fraction of sp³-hybridized carbons (Fsp3) is 0.136. The summed E-state index contributed by atoms with van der Waals surface area (Å²) in [6.07, 6.45) is 0. The number of benzene rings is 2. The van der Waals surface area contributed by atoms with Gasteiger partial charge in [-0.1, -0.05) is 48.0 Å². The summed E-state index contributed by atoms with van der Waals surface area (Å²) in [6, 6.07) is 21.3. The fourth-order valence-electron chi connectivity index (χ4n) is 3.03. The predicted octanol–water partition coefficient (Wildman–Crippen LogP) is 5.82. The maximum absolute atomic E-state index is 4.90. The van der Waals surface area contributed by atoms with Crippen molar-refractivity contribution in [3.05, 3.63) is 77.4 Å². The summed E-state index contributed by atoms with van der Waals surface area (Å²) in [5.41, 5.74) is 9.22. The van der Waals surface area contributed by atoms with E-state index in [1.807, 2.05) is 0 Å². The maximum atomic E-state index is 4.90. The number of hydrogen-bond donors (Lipinski definition) is 1. The van der Waals surface area contributed by atoms with E-state index in [1.54, 1.807) is 0 Å². The molecule has 0 unspecified atom stereocenters. The summed E-state index contributed by atoms with van der Waals surface area (Å²) in [7, 11) is 0. The lowest BCUT2D eigenvalue weighted by Gasteiger charge is -2.07. The van der Waals surface area contributed by atoms with Gasteiger partial charge in [0.05, 0.1) is 16.9 Å². The first-order valence-electron chi connectivity index (χ1n) is 8.25. The molecule has 4 rings (SSSR count). The molecule has 0 aliphatic carbocycles. The van der Waals surface area contributed by atoms with Gasteiger partial charge in [-0.3, -0.25) is 0 Å². The van der Waals surface area contributed by atoms with Gasteiger partial charge in [-0.2, -0.15) is 0 Å². The minimum absolute atomic E-state index is 0.981. The second-order valence-corrected chi connectivity index (χ2v) is 6.43. The average Bonchev–Trinajstić information content (AvgIpc) is 3.09. The van der Waals surface area contributed by atoms with Gasteiger partial charge >= 0.3 is 0 Å². The molecule has 1 N–H and O–H groups in total. The highest BCUT2D eigenvalue weighted by atomic mass is 14.8. The number of rotatable bonds is 2. The predicted molar refractivity (Wildman–Crippen MR) is 101 cm³/mol. The van der Waals surface area contributed by atoms with Crippen molar-refractivity contribution in [2.45, 2.75) is 20.8 Å². The number of aromatic amines is 1. The van der Waals surface area contributed by atoms with Crippen LogP contribution in [0, 0.1) is 20.8 Å². The van der Waals surface area contributed by atoms with Crippen LogP contribution in [-0.2, 0) is 0 Å². The molecular weight excluding hydrogens is 292 g/mol. The van der Waals surface area contributed by atoms with Crippen molar-refractivity contribution in [2.24, 2.45) is 0 Å². The molecule has 0 saturated heterocycles. The molecule has 0 saturated carbocycles. The molecule has 0 bridgehead atoms. The Morgan fingerprint density at radius 2 is 1.42 bits per heavy atom. The fourth-order valence-corrected chi connectivity index (χ4v) is 3.03. The number of aryl methyl sites for hydroxylation is 3. The number of hydrogen-bond acceptors (Lipinski definition) is 1. The molecule has 0 spiro atoms. The Kier molecular flexibility index (Phi) is 3.46. The molecule has 2 aromatic heterocycles. The molecule has 2 heterocycles. The summed E-state index contributed by atoms with van der Waals surface area (Å²) in [6.45, 7) is 6.38. The van der Waals surface area contributed by atoms with E-state index in [-0.39, 0.29) is 0 Å². The highest BCUT2D eigenvalue weighted by molar-refractivity contribution is 5.85. The van der Waals surface area contributed by atoms with Crippen LogP contribution in [0.2, 0.25) is 0 Å². The third-order valence-electron chi connectivity index (χ3n) is 4.71. The molecule has 0 aliphatic heterocycles. The minimum Gasteiger partial charge on any atom is -0.353 e. The van der Waals surface area contributed by atoms with E-state index in [0.717, 1.165) is 22.6 Å². The van der Waals surface area contributed by atoms with E-state index >= 15 is 0 Å². The molecule has 118 valence electrons. The van der Waals surface area contributed by atoms with Gasteiger partial charge in [0.2, 0.25) is 0 Å². The second kappa shape index (κ2) is 5.64. The first-order valence-corrected chi connectivity index (χ1v) is 8.25. The van der Waals surface area contributed by atoms with Crippen LogP contribution in [0.5, 0.6) is 0 Å². The largest absolute Gasteiger partial charge is 0.353 e. The number of aromatic nitrogens is 2. The van der Waals surface area contributed by atoms with Crippen LogP contribution in [0.1, 0.15) is 16.7 Å². The first-order chi connectivity index (χ1) is 11.6. The molecule has 0 radical (unpaired) electrons. The van der Waals surface area contributed by atoms with Gasteiger partial charge in [-0.15, -0.1) is 0 Å². The standard InChI is InChI=1S/C22H20N2/c1-14-4-7-17(8-5-14)19-12-13-20(23-19)21-11-10-18-9-6-15(2)16(3)22(18)24-21/h4-13,23H,1-3H3. The number of nitrogens with zero attached hydrogens (tertiary/aromatic N) is 1. The molecule has 2 nitrogen and oxygen atoms in total. The van der Waals surface area contributed by atoms with E-state index in [4.69, 9.17) is 4.98 Å². The topological polar surface area (TPSA) is 28.7 Å². The van der Waals surface area contributed by atoms with E-state index in [2.05, 4.69) is 86.4 Å². The van der Waals surface area contributed by atoms with E-state index in [1.165, 1.54) is 27.6 Å². The lowest BCUT2D eigenvalue weighted by molar-refractivity contribution is 1.29. The van der Waals surface area contributed by atoms with E-state index < -0.39 is 0 Å². The highest BCUT2D eigenvalue weighted by Crippen LogP contribution is 2.27. The zero-order valence-corrected chi connectivity index (χ0v) is 14.2. The zero-order valence-electron chi connectivity index (χ0n) is 14.2. The van der Waals surface area contributed by atoms with Gasteiger partial charge in [0, 0.05) is 11.1 Å². The molecule has 4 aromatic rings. The molecule has 0 aliphatic rings. The van der Waals surface area contributed by atoms with Crippen molar-refractivity contribution in [3.8, 4) is 22.6 Å². The molecule has 0 fully saturated rings. The SMILES string of the molecule is Cc1ccc(-c2ccc(-c3ccc4ccc(C)c(C)c4n3)[nH]2)cc1. The number of nitrogens with one attached hydrogen (secondary N) is 1. The normalized spacial score (nSPS) is 11.1. The van der Waals surface area contributed by atoms with Crippen LogP contribution in [0.3, 0.4) is 0 Å². The van der Waals surface area contributed by atoms with Crippen molar-refractivity contribution in [2.75, 3.05) is 0 Å². The number of fused-ring (bicyclic) bond motifs is 1. The number of H-pyrrole nitrogens is 1. The van der Waals surface area contributed by atoms with Crippen LogP contribution in [0.25, 0.3) is 33.5 Å². The van der Waals surface area contributed by atoms with Gasteiger partial charge in [0.1, 0.15) is 0 Å². The van der Waals surface area contributed by atoms with Gasteiger partial charge in [0.15, 0.2) is 0 Å². The third kappa shape index (κ3) is 2.50. The smallest absolute Gasteiger partial charge is 0.0872 e. The summed E-state index contributed by atoms with van der Waals surface area (Å²) in [5, 5.41) is 1.19. The molecule has 24 heavy (non-hydrogen) atoms. The Morgan fingerprint density at radius 1 is 0.708 bits per heavy atom. The Morgan fingerprint density at radius 3 is 2.21 bits per heavy atom. The van der Waals surface area contributed by atoms with Crippen molar-refractivity contribution < 1.29 is 0 Å². The van der Waals surface area contributed by atoms with E-state index in [0.29, 0.717) is 0 Å². The third-order valence-corrected chi connectivity index (χ3v) is 4.71. The van der Waals surface area contributed by atoms with Gasteiger partial charge in [-0.25, -0.2) is 4.98 Å². The quantitative estimate of drug-likeness (QED) is 0.496. The maximum Gasteiger partial charge on any atom is 0.0872 e. The monoisotopic (exact) mass is 312 g/mol. The Balaban J connectivity index is 1.78. The summed E-state index contributed by atoms with van der Waals surface area (Å²) in [4.78, 5) is 8.40. The van der Waals surface area contributed by atoms with Crippen molar-refractivity contribution in [3.63, 3.8) is 0 Å². The van der Waals surface area contributed by atoms with E-state index in [9.17, 15) is 0 Å². The Bertz CT molecular complexity index is 1020. The average molecular weight is 312 g/mol. The van der Waals surface area contributed by atoms with Crippen LogP contribution < -0.4 is 0 Å². The lowest BCUT2D eigenvalue weighted by Crippen LogP contribution is -1.90. The van der Waals surface area contributed by atoms with Crippen LogP contribution in [0.15, 0.2) is 60.7 Å². The van der Waals surface area contributed by atoms with Crippen LogP contribution >= 0.6 is 0 Å². The molecular formula is C22H20N2. The lowest BCUT2D eigenvalue weighted by atomic mass is 10.0. The van der Waals surface area contributed by atoms with Crippen LogP contribution in [-0.4, -0.2) is 9.97 Å².